The zero-order chi connectivity index (χ0) is 8.81. The van der Waals surface area contributed by atoms with Crippen LogP contribution in [-0.4, -0.2) is 24.9 Å². The molecule has 0 aromatic heterocycles. The molecule has 1 aliphatic rings. The highest BCUT2D eigenvalue weighted by Gasteiger charge is 2.06. The average molecular weight is 170 g/mol. The van der Waals surface area contributed by atoms with Gasteiger partial charge >= 0.3 is 0 Å². The van der Waals surface area contributed by atoms with E-state index >= 15 is 0 Å². The van der Waals surface area contributed by atoms with Gasteiger partial charge in [0.05, 0.1) is 0 Å². The van der Waals surface area contributed by atoms with Gasteiger partial charge in [-0.3, -0.25) is 9.59 Å². The minimum Gasteiger partial charge on any atom is -0.356 e. The lowest BCUT2D eigenvalue weighted by Gasteiger charge is -2.09. The van der Waals surface area contributed by atoms with E-state index in [0.717, 1.165) is 12.8 Å². The molecule has 1 rings (SSSR count). The molecule has 1 fully saturated rings. The maximum atomic E-state index is 11.0. The number of nitrogens with one attached hydrogen (secondary N) is 2. The van der Waals surface area contributed by atoms with Gasteiger partial charge in [-0.2, -0.15) is 0 Å². The standard InChI is InChI=1S/C8H14N2O2/c11-7-3-1-2-5-9-8(12)4-6-10-7/h1-6H2,(H,9,12)(H,10,11). The Morgan fingerprint density at radius 2 is 1.50 bits per heavy atom. The first-order valence-electron chi connectivity index (χ1n) is 4.32. The van der Waals surface area contributed by atoms with Gasteiger partial charge in [0.15, 0.2) is 0 Å². The molecule has 2 N–H and O–H groups in total. The quantitative estimate of drug-likeness (QED) is 0.528. The topological polar surface area (TPSA) is 58.2 Å². The normalized spacial score (nSPS) is 21.0. The van der Waals surface area contributed by atoms with Gasteiger partial charge in [0.25, 0.3) is 0 Å². The van der Waals surface area contributed by atoms with Crippen molar-refractivity contribution in [3.05, 3.63) is 0 Å². The molecule has 0 saturated carbocycles. The van der Waals surface area contributed by atoms with Crippen LogP contribution in [0.5, 0.6) is 0 Å². The van der Waals surface area contributed by atoms with Crippen molar-refractivity contribution in [2.75, 3.05) is 13.1 Å². The van der Waals surface area contributed by atoms with Crippen molar-refractivity contribution in [2.24, 2.45) is 0 Å². The van der Waals surface area contributed by atoms with Crippen molar-refractivity contribution in [2.45, 2.75) is 25.7 Å². The molecule has 0 spiro atoms. The van der Waals surface area contributed by atoms with E-state index in [1.807, 2.05) is 0 Å². The summed E-state index contributed by atoms with van der Waals surface area (Å²) in [6.45, 7) is 1.16. The fourth-order valence-electron chi connectivity index (χ4n) is 1.13. The highest BCUT2D eigenvalue weighted by atomic mass is 16.2. The predicted octanol–water partition coefficient (Wildman–Crippen LogP) is -0.207. The largest absolute Gasteiger partial charge is 0.356 e. The van der Waals surface area contributed by atoms with Crippen molar-refractivity contribution < 1.29 is 9.59 Å². The molecular weight excluding hydrogens is 156 g/mol. The molecule has 2 amide bonds. The van der Waals surface area contributed by atoms with Gasteiger partial charge in [-0.25, -0.2) is 0 Å². The molecule has 68 valence electrons. The zero-order valence-corrected chi connectivity index (χ0v) is 7.06. The molecule has 4 heteroatoms. The summed E-state index contributed by atoms with van der Waals surface area (Å²) < 4.78 is 0. The monoisotopic (exact) mass is 170 g/mol. The molecule has 0 unspecified atom stereocenters. The summed E-state index contributed by atoms with van der Waals surface area (Å²) >= 11 is 0. The third-order valence-electron chi connectivity index (χ3n) is 1.83. The van der Waals surface area contributed by atoms with Gasteiger partial charge < -0.3 is 10.6 Å². The van der Waals surface area contributed by atoms with Crippen LogP contribution in [0.25, 0.3) is 0 Å². The van der Waals surface area contributed by atoms with Crippen molar-refractivity contribution in [3.8, 4) is 0 Å². The maximum absolute atomic E-state index is 11.0. The van der Waals surface area contributed by atoms with Gasteiger partial charge in [-0.1, -0.05) is 0 Å². The number of hydrogen-bond donors (Lipinski definition) is 2. The van der Waals surface area contributed by atoms with E-state index in [0.29, 0.717) is 25.9 Å². The lowest BCUT2D eigenvalue weighted by atomic mass is 10.2. The van der Waals surface area contributed by atoms with Gasteiger partial charge in [-0.05, 0) is 12.8 Å². The van der Waals surface area contributed by atoms with E-state index in [2.05, 4.69) is 10.6 Å². The lowest BCUT2D eigenvalue weighted by molar-refractivity contribution is -0.122. The lowest BCUT2D eigenvalue weighted by Crippen LogP contribution is -2.32. The second kappa shape index (κ2) is 4.74. The van der Waals surface area contributed by atoms with Gasteiger partial charge in [0.2, 0.25) is 11.8 Å². The molecule has 0 atom stereocenters. The van der Waals surface area contributed by atoms with Crippen LogP contribution in [0.4, 0.5) is 0 Å². The van der Waals surface area contributed by atoms with E-state index < -0.39 is 0 Å². The molecule has 1 heterocycles. The Balaban J connectivity index is 2.31. The van der Waals surface area contributed by atoms with Crippen LogP contribution in [0.2, 0.25) is 0 Å². The van der Waals surface area contributed by atoms with Gasteiger partial charge in [0.1, 0.15) is 0 Å². The van der Waals surface area contributed by atoms with Crippen LogP contribution in [0.15, 0.2) is 0 Å². The molecular formula is C8H14N2O2. The number of amides is 2. The highest BCUT2D eigenvalue weighted by Crippen LogP contribution is 1.95. The van der Waals surface area contributed by atoms with Crippen molar-refractivity contribution >= 4 is 11.8 Å². The first-order valence-corrected chi connectivity index (χ1v) is 4.32. The molecule has 0 aromatic carbocycles. The van der Waals surface area contributed by atoms with E-state index in [4.69, 9.17) is 0 Å². The Labute approximate surface area is 71.7 Å². The summed E-state index contributed by atoms with van der Waals surface area (Å²) in [5.74, 6) is 0.0851. The van der Waals surface area contributed by atoms with Crippen molar-refractivity contribution in [3.63, 3.8) is 0 Å². The van der Waals surface area contributed by atoms with E-state index in [1.54, 1.807) is 0 Å². The van der Waals surface area contributed by atoms with Crippen LogP contribution >= 0.6 is 0 Å². The molecule has 0 radical (unpaired) electrons. The number of rotatable bonds is 0. The Morgan fingerprint density at radius 1 is 0.833 bits per heavy atom. The fraction of sp³-hybridized carbons (Fsp3) is 0.750. The summed E-state index contributed by atoms with van der Waals surface area (Å²) in [5.41, 5.74) is 0. The fourth-order valence-corrected chi connectivity index (χ4v) is 1.13. The first-order chi connectivity index (χ1) is 5.79. The van der Waals surface area contributed by atoms with E-state index in [9.17, 15) is 9.59 Å². The van der Waals surface area contributed by atoms with Gasteiger partial charge in [0, 0.05) is 25.9 Å². The first kappa shape index (κ1) is 9.03. The van der Waals surface area contributed by atoms with Crippen LogP contribution in [0.1, 0.15) is 25.7 Å². The second-order valence-corrected chi connectivity index (χ2v) is 2.91. The minimum atomic E-state index is 0.0252. The summed E-state index contributed by atoms with van der Waals surface area (Å²) in [6, 6.07) is 0. The third-order valence-corrected chi connectivity index (χ3v) is 1.83. The van der Waals surface area contributed by atoms with E-state index in [1.165, 1.54) is 0 Å². The van der Waals surface area contributed by atoms with Crippen LogP contribution in [0, 0.1) is 0 Å². The van der Waals surface area contributed by atoms with Crippen LogP contribution in [0.3, 0.4) is 0 Å². The highest BCUT2D eigenvalue weighted by molar-refractivity contribution is 5.79. The molecule has 1 aliphatic heterocycles. The predicted molar refractivity (Wildman–Crippen MR) is 44.5 cm³/mol. The SMILES string of the molecule is O=C1CCCCNC(=O)CCN1. The van der Waals surface area contributed by atoms with Crippen LogP contribution in [-0.2, 0) is 9.59 Å². The molecule has 1 saturated heterocycles. The molecule has 0 bridgehead atoms. The molecule has 0 aliphatic carbocycles. The molecule has 4 nitrogen and oxygen atoms in total. The molecule has 0 aromatic rings. The zero-order valence-electron chi connectivity index (χ0n) is 7.06. The average Bonchev–Trinajstić information content (AvgIpc) is 2.04. The van der Waals surface area contributed by atoms with Crippen molar-refractivity contribution in [1.29, 1.82) is 0 Å². The third kappa shape index (κ3) is 3.37. The molecule has 12 heavy (non-hydrogen) atoms. The number of carbonyl (C=O) groups is 2. The summed E-state index contributed by atoms with van der Waals surface area (Å²) in [4.78, 5) is 21.9. The Hall–Kier alpha value is -1.06. The number of hydrogen-bond acceptors (Lipinski definition) is 2. The number of carbonyl (C=O) groups excluding carboxylic acids is 2. The maximum Gasteiger partial charge on any atom is 0.221 e. The summed E-state index contributed by atoms with van der Waals surface area (Å²) in [7, 11) is 0. The van der Waals surface area contributed by atoms with E-state index in [-0.39, 0.29) is 11.8 Å². The van der Waals surface area contributed by atoms with Crippen LogP contribution < -0.4 is 10.6 Å². The van der Waals surface area contributed by atoms with Crippen molar-refractivity contribution in [1.82, 2.24) is 10.6 Å². The second-order valence-electron chi connectivity index (χ2n) is 2.91. The van der Waals surface area contributed by atoms with Gasteiger partial charge in [-0.15, -0.1) is 0 Å². The Kier molecular flexibility index (Phi) is 3.57. The summed E-state index contributed by atoms with van der Waals surface area (Å²) in [6.07, 6.45) is 2.72. The summed E-state index contributed by atoms with van der Waals surface area (Å²) in [5, 5.41) is 5.46. The Bertz CT molecular complexity index is 162. The minimum absolute atomic E-state index is 0.0252. The smallest absolute Gasteiger partial charge is 0.221 e. The Morgan fingerprint density at radius 3 is 2.33 bits per heavy atom.